The molecule has 0 radical (unpaired) electrons. The number of nitrogens with zero attached hydrogens (tertiary/aromatic N) is 2. The minimum Gasteiger partial charge on any atom is -0.355 e. The first-order valence-electron chi connectivity index (χ1n) is 8.60. The first kappa shape index (κ1) is 16.7. The molecule has 24 heavy (non-hydrogen) atoms. The van der Waals surface area contributed by atoms with Crippen molar-refractivity contribution in [1.82, 2.24) is 15.1 Å². The van der Waals surface area contributed by atoms with E-state index in [0.717, 1.165) is 31.2 Å². The average Bonchev–Trinajstić information content (AvgIpc) is 3.25. The number of carbonyl (C=O) groups excluding carboxylic acids is 1. The Morgan fingerprint density at radius 1 is 1.33 bits per heavy atom. The van der Waals surface area contributed by atoms with Crippen molar-refractivity contribution >= 4 is 5.91 Å². The maximum absolute atomic E-state index is 13.2. The van der Waals surface area contributed by atoms with Crippen molar-refractivity contribution in [3.05, 3.63) is 54.1 Å². The van der Waals surface area contributed by atoms with Gasteiger partial charge in [0.15, 0.2) is 0 Å². The van der Waals surface area contributed by atoms with Crippen LogP contribution in [0.1, 0.15) is 38.2 Å². The molecule has 1 saturated carbocycles. The summed E-state index contributed by atoms with van der Waals surface area (Å²) in [5, 5.41) is 7.26. The quantitative estimate of drug-likeness (QED) is 0.884. The highest BCUT2D eigenvalue weighted by Gasteiger charge is 2.36. The number of amides is 1. The highest BCUT2D eigenvalue weighted by molar-refractivity contribution is 5.78. The zero-order valence-corrected chi connectivity index (χ0v) is 14.0. The maximum Gasteiger partial charge on any atom is 0.224 e. The van der Waals surface area contributed by atoms with Crippen LogP contribution < -0.4 is 5.32 Å². The van der Waals surface area contributed by atoms with E-state index in [0.29, 0.717) is 13.1 Å². The van der Waals surface area contributed by atoms with Crippen LogP contribution in [0.4, 0.5) is 4.39 Å². The van der Waals surface area contributed by atoms with Gasteiger partial charge >= 0.3 is 0 Å². The Morgan fingerprint density at radius 3 is 2.67 bits per heavy atom. The van der Waals surface area contributed by atoms with Gasteiger partial charge in [-0.05, 0) is 36.6 Å². The third-order valence-electron chi connectivity index (χ3n) is 5.09. The van der Waals surface area contributed by atoms with Gasteiger partial charge in [-0.15, -0.1) is 0 Å². The van der Waals surface area contributed by atoms with Gasteiger partial charge in [0.25, 0.3) is 0 Å². The molecule has 0 saturated heterocycles. The van der Waals surface area contributed by atoms with Crippen molar-refractivity contribution in [3.63, 3.8) is 0 Å². The van der Waals surface area contributed by atoms with E-state index >= 15 is 0 Å². The van der Waals surface area contributed by atoms with Crippen molar-refractivity contribution in [2.75, 3.05) is 6.54 Å². The molecule has 5 heteroatoms. The molecule has 1 amide bonds. The van der Waals surface area contributed by atoms with Crippen molar-refractivity contribution in [3.8, 4) is 0 Å². The van der Waals surface area contributed by atoms with E-state index in [1.807, 2.05) is 31.3 Å². The second-order valence-corrected chi connectivity index (χ2v) is 6.84. The fourth-order valence-electron chi connectivity index (χ4n) is 3.63. The van der Waals surface area contributed by atoms with Gasteiger partial charge in [-0.3, -0.25) is 9.48 Å². The number of carbonyl (C=O) groups is 1. The molecule has 1 unspecified atom stereocenters. The molecule has 1 aromatic heterocycles. The first-order chi connectivity index (χ1) is 11.6. The minimum atomic E-state index is -0.219. The summed E-state index contributed by atoms with van der Waals surface area (Å²) >= 11 is 0. The molecular weight excluding hydrogens is 305 g/mol. The molecule has 0 aliphatic heterocycles. The number of hydrogen-bond acceptors (Lipinski definition) is 2. The SMILES string of the molecule is CC(Cn1cccn1)C(=O)NCC1(c2ccc(F)cc2)CCCC1. The summed E-state index contributed by atoms with van der Waals surface area (Å²) < 4.78 is 15.0. The fourth-order valence-corrected chi connectivity index (χ4v) is 3.63. The van der Waals surface area contributed by atoms with Crippen LogP contribution in [0.5, 0.6) is 0 Å². The van der Waals surface area contributed by atoms with Gasteiger partial charge in [-0.25, -0.2) is 4.39 Å². The summed E-state index contributed by atoms with van der Waals surface area (Å²) in [5.74, 6) is -0.320. The van der Waals surface area contributed by atoms with Crippen LogP contribution in [0.2, 0.25) is 0 Å². The smallest absolute Gasteiger partial charge is 0.224 e. The molecule has 0 bridgehead atoms. The Bertz CT molecular complexity index is 660. The van der Waals surface area contributed by atoms with Crippen LogP contribution in [0.25, 0.3) is 0 Å². The van der Waals surface area contributed by atoms with Crippen LogP contribution in [0.15, 0.2) is 42.7 Å². The lowest BCUT2D eigenvalue weighted by Gasteiger charge is -2.30. The average molecular weight is 329 g/mol. The van der Waals surface area contributed by atoms with Gasteiger partial charge in [-0.2, -0.15) is 5.10 Å². The predicted molar refractivity (Wildman–Crippen MR) is 90.9 cm³/mol. The van der Waals surface area contributed by atoms with E-state index in [-0.39, 0.29) is 23.1 Å². The van der Waals surface area contributed by atoms with Crippen LogP contribution >= 0.6 is 0 Å². The van der Waals surface area contributed by atoms with Crippen molar-refractivity contribution < 1.29 is 9.18 Å². The lowest BCUT2D eigenvalue weighted by molar-refractivity contribution is -0.125. The summed E-state index contributed by atoms with van der Waals surface area (Å²) in [4.78, 5) is 12.4. The summed E-state index contributed by atoms with van der Waals surface area (Å²) in [7, 11) is 0. The Kier molecular flexibility index (Phi) is 4.97. The van der Waals surface area contributed by atoms with Crippen LogP contribution in [-0.4, -0.2) is 22.2 Å². The van der Waals surface area contributed by atoms with Crippen molar-refractivity contribution in [1.29, 1.82) is 0 Å². The van der Waals surface area contributed by atoms with Gasteiger partial charge in [0.05, 0.1) is 12.5 Å². The van der Waals surface area contributed by atoms with Crippen molar-refractivity contribution in [2.45, 2.75) is 44.6 Å². The second-order valence-electron chi connectivity index (χ2n) is 6.84. The summed E-state index contributed by atoms with van der Waals surface area (Å²) in [5.41, 5.74) is 1.07. The highest BCUT2D eigenvalue weighted by Crippen LogP contribution is 2.40. The van der Waals surface area contributed by atoms with Crippen LogP contribution in [-0.2, 0) is 16.8 Å². The molecule has 1 atom stereocenters. The largest absolute Gasteiger partial charge is 0.355 e. The van der Waals surface area contributed by atoms with E-state index in [1.165, 1.54) is 12.1 Å². The lowest BCUT2D eigenvalue weighted by Crippen LogP contribution is -2.41. The molecule has 128 valence electrons. The Hall–Kier alpha value is -2.17. The number of aromatic nitrogens is 2. The van der Waals surface area contributed by atoms with E-state index in [4.69, 9.17) is 0 Å². The first-order valence-corrected chi connectivity index (χ1v) is 8.60. The number of nitrogens with one attached hydrogen (secondary N) is 1. The summed E-state index contributed by atoms with van der Waals surface area (Å²) in [6.45, 7) is 3.10. The molecule has 3 rings (SSSR count). The number of hydrogen-bond donors (Lipinski definition) is 1. The van der Waals surface area contributed by atoms with Gasteiger partial charge in [0.2, 0.25) is 5.91 Å². The number of halogens is 1. The van der Waals surface area contributed by atoms with E-state index in [2.05, 4.69) is 10.4 Å². The van der Waals surface area contributed by atoms with Crippen molar-refractivity contribution in [2.24, 2.45) is 5.92 Å². The van der Waals surface area contributed by atoms with Gasteiger partial charge in [-0.1, -0.05) is 31.9 Å². The summed E-state index contributed by atoms with van der Waals surface area (Å²) in [6.07, 6.45) is 7.94. The molecule has 1 N–H and O–H groups in total. The van der Waals surface area contributed by atoms with Crippen LogP contribution in [0, 0.1) is 11.7 Å². The number of rotatable bonds is 6. The Labute approximate surface area is 142 Å². The lowest BCUT2D eigenvalue weighted by atomic mass is 9.78. The maximum atomic E-state index is 13.2. The molecular formula is C19H24FN3O. The monoisotopic (exact) mass is 329 g/mol. The predicted octanol–water partition coefficient (Wildman–Crippen LogP) is 3.29. The second kappa shape index (κ2) is 7.16. The zero-order chi connectivity index (χ0) is 17.0. The minimum absolute atomic E-state index is 0.0406. The zero-order valence-electron chi connectivity index (χ0n) is 14.0. The fraction of sp³-hybridized carbons (Fsp3) is 0.474. The van der Waals surface area contributed by atoms with E-state index < -0.39 is 0 Å². The van der Waals surface area contributed by atoms with E-state index in [1.54, 1.807) is 10.9 Å². The molecule has 1 aliphatic rings. The highest BCUT2D eigenvalue weighted by atomic mass is 19.1. The normalized spacial score (nSPS) is 17.6. The molecule has 1 fully saturated rings. The van der Waals surface area contributed by atoms with Gasteiger partial charge in [0, 0.05) is 24.4 Å². The Balaban J connectivity index is 1.63. The molecule has 1 aliphatic carbocycles. The van der Waals surface area contributed by atoms with E-state index in [9.17, 15) is 9.18 Å². The number of benzene rings is 1. The molecule has 1 heterocycles. The Morgan fingerprint density at radius 2 is 2.04 bits per heavy atom. The third-order valence-corrected chi connectivity index (χ3v) is 5.09. The van der Waals surface area contributed by atoms with Crippen LogP contribution in [0.3, 0.4) is 0 Å². The van der Waals surface area contributed by atoms with Gasteiger partial charge in [0.1, 0.15) is 5.82 Å². The molecule has 1 aromatic carbocycles. The van der Waals surface area contributed by atoms with Gasteiger partial charge < -0.3 is 5.32 Å². The molecule has 0 spiro atoms. The standard InChI is InChI=1S/C19H24FN3O/c1-15(13-23-12-4-11-22-23)18(24)21-14-19(9-2-3-10-19)16-5-7-17(20)8-6-16/h4-8,11-12,15H,2-3,9-10,13-14H2,1H3,(H,21,24). The molecule has 2 aromatic rings. The third kappa shape index (κ3) is 3.66. The topological polar surface area (TPSA) is 46.9 Å². The summed E-state index contributed by atoms with van der Waals surface area (Å²) in [6, 6.07) is 8.60. The molecule has 4 nitrogen and oxygen atoms in total.